The summed E-state index contributed by atoms with van der Waals surface area (Å²) in [5, 5.41) is 0. The molecule has 0 bridgehead atoms. The van der Waals surface area contributed by atoms with Gasteiger partial charge in [-0.2, -0.15) is 0 Å². The minimum absolute atomic E-state index is 0.131. The Labute approximate surface area is 98.3 Å². The highest BCUT2D eigenvalue weighted by molar-refractivity contribution is 5.21. The Hall–Kier alpha value is -0.890. The van der Waals surface area contributed by atoms with E-state index in [1.54, 1.807) is 12.1 Å². The van der Waals surface area contributed by atoms with Crippen LogP contribution < -0.4 is 0 Å². The molecule has 1 rings (SSSR count). The van der Waals surface area contributed by atoms with Crippen molar-refractivity contribution in [1.29, 1.82) is 0 Å². The van der Waals surface area contributed by atoms with Crippen molar-refractivity contribution in [2.45, 2.75) is 26.2 Å². The Morgan fingerprint density at radius 1 is 1.31 bits per heavy atom. The van der Waals surface area contributed by atoms with E-state index in [4.69, 9.17) is 0 Å². The van der Waals surface area contributed by atoms with Crippen LogP contribution in [0.5, 0.6) is 0 Å². The van der Waals surface area contributed by atoms with Gasteiger partial charge in [0.05, 0.1) is 0 Å². The molecule has 0 N–H and O–H groups in total. The van der Waals surface area contributed by atoms with Gasteiger partial charge in [-0.15, -0.1) is 0 Å². The Balaban J connectivity index is 2.81. The fourth-order valence-electron chi connectivity index (χ4n) is 2.41. The van der Waals surface area contributed by atoms with E-state index >= 15 is 0 Å². The summed E-state index contributed by atoms with van der Waals surface area (Å²) in [5.74, 6) is 0.855. The lowest BCUT2D eigenvalue weighted by Gasteiger charge is -2.26. The summed E-state index contributed by atoms with van der Waals surface area (Å²) < 4.78 is 13.2. The summed E-state index contributed by atoms with van der Waals surface area (Å²) in [6.45, 7) is 5.44. The Morgan fingerprint density at radius 3 is 2.50 bits per heavy atom. The van der Waals surface area contributed by atoms with Crippen molar-refractivity contribution in [2.75, 3.05) is 20.6 Å². The largest absolute Gasteiger partial charge is 0.309 e. The average Bonchev–Trinajstić information content (AvgIpc) is 2.17. The van der Waals surface area contributed by atoms with E-state index in [1.807, 2.05) is 6.07 Å². The van der Waals surface area contributed by atoms with E-state index in [-0.39, 0.29) is 5.82 Å². The molecule has 0 aliphatic rings. The van der Waals surface area contributed by atoms with Crippen LogP contribution >= 0.6 is 0 Å². The monoisotopic (exact) mass is 223 g/mol. The van der Waals surface area contributed by atoms with E-state index in [9.17, 15) is 4.39 Å². The summed E-state index contributed by atoms with van der Waals surface area (Å²) in [7, 11) is 4.16. The molecule has 0 fully saturated rings. The van der Waals surface area contributed by atoms with E-state index < -0.39 is 0 Å². The van der Waals surface area contributed by atoms with E-state index in [1.165, 1.54) is 6.07 Å². The minimum atomic E-state index is -0.131. The molecular formula is C14H22FN. The molecule has 0 amide bonds. The maximum absolute atomic E-state index is 13.2. The first-order valence-corrected chi connectivity index (χ1v) is 5.94. The zero-order chi connectivity index (χ0) is 12.1. The topological polar surface area (TPSA) is 3.24 Å². The maximum atomic E-state index is 13.2. The molecule has 2 heteroatoms. The predicted molar refractivity (Wildman–Crippen MR) is 67.2 cm³/mol. The lowest BCUT2D eigenvalue weighted by molar-refractivity contribution is 0.301. The number of hydrogen-bond donors (Lipinski definition) is 0. The molecule has 0 aliphatic heterocycles. The van der Waals surface area contributed by atoms with Crippen molar-refractivity contribution in [3.63, 3.8) is 0 Å². The molecule has 2 unspecified atom stereocenters. The first-order valence-electron chi connectivity index (χ1n) is 5.94. The fraction of sp³-hybridized carbons (Fsp3) is 0.571. The molecule has 0 aromatic heterocycles. The zero-order valence-corrected chi connectivity index (χ0v) is 10.7. The Bertz CT molecular complexity index is 322. The highest BCUT2D eigenvalue weighted by Gasteiger charge is 2.18. The Morgan fingerprint density at radius 2 is 2.00 bits per heavy atom. The van der Waals surface area contributed by atoms with Gasteiger partial charge in [0, 0.05) is 6.54 Å². The smallest absolute Gasteiger partial charge is 0.123 e. The van der Waals surface area contributed by atoms with Gasteiger partial charge in [0.25, 0.3) is 0 Å². The van der Waals surface area contributed by atoms with Gasteiger partial charge in [0.1, 0.15) is 5.82 Å². The Kier molecular flexibility index (Phi) is 4.94. The normalized spacial score (nSPS) is 15.1. The van der Waals surface area contributed by atoms with Gasteiger partial charge in [-0.3, -0.25) is 0 Å². The number of halogens is 1. The van der Waals surface area contributed by atoms with Crippen molar-refractivity contribution in [1.82, 2.24) is 4.90 Å². The molecule has 0 saturated heterocycles. The van der Waals surface area contributed by atoms with Crippen molar-refractivity contribution < 1.29 is 4.39 Å². The quantitative estimate of drug-likeness (QED) is 0.738. The van der Waals surface area contributed by atoms with Crippen LogP contribution in [0.4, 0.5) is 4.39 Å². The first-order chi connectivity index (χ1) is 7.54. The second kappa shape index (κ2) is 6.00. The van der Waals surface area contributed by atoms with Gasteiger partial charge < -0.3 is 4.90 Å². The third-order valence-electron chi connectivity index (χ3n) is 3.06. The SMILES string of the molecule is CCC(c1cccc(F)c1)C(C)CN(C)C. The minimum Gasteiger partial charge on any atom is -0.309 e. The number of nitrogens with zero attached hydrogens (tertiary/aromatic N) is 1. The standard InChI is InChI=1S/C14H22FN/c1-5-14(11(2)10-16(3)4)12-7-6-8-13(15)9-12/h6-9,11,14H,5,10H2,1-4H3. The van der Waals surface area contributed by atoms with Crippen LogP contribution in [0.2, 0.25) is 0 Å². The van der Waals surface area contributed by atoms with Crippen LogP contribution in [0.25, 0.3) is 0 Å². The van der Waals surface area contributed by atoms with E-state index in [0.717, 1.165) is 18.5 Å². The second-order valence-corrected chi connectivity index (χ2v) is 4.81. The lowest BCUT2D eigenvalue weighted by atomic mass is 9.85. The molecule has 0 radical (unpaired) electrons. The zero-order valence-electron chi connectivity index (χ0n) is 10.7. The molecule has 16 heavy (non-hydrogen) atoms. The van der Waals surface area contributed by atoms with Crippen LogP contribution in [-0.4, -0.2) is 25.5 Å². The molecule has 2 atom stereocenters. The summed E-state index contributed by atoms with van der Waals surface area (Å²) in [6.07, 6.45) is 1.05. The van der Waals surface area contributed by atoms with E-state index in [2.05, 4.69) is 32.8 Å². The van der Waals surface area contributed by atoms with Crippen LogP contribution in [0.1, 0.15) is 31.7 Å². The van der Waals surface area contributed by atoms with Crippen molar-refractivity contribution in [3.8, 4) is 0 Å². The molecule has 1 nitrogen and oxygen atoms in total. The molecular weight excluding hydrogens is 201 g/mol. The second-order valence-electron chi connectivity index (χ2n) is 4.81. The van der Waals surface area contributed by atoms with Crippen molar-refractivity contribution >= 4 is 0 Å². The van der Waals surface area contributed by atoms with Crippen molar-refractivity contribution in [3.05, 3.63) is 35.6 Å². The lowest BCUT2D eigenvalue weighted by Crippen LogP contribution is -2.24. The third kappa shape index (κ3) is 3.60. The number of hydrogen-bond acceptors (Lipinski definition) is 1. The van der Waals surface area contributed by atoms with Crippen LogP contribution in [0.3, 0.4) is 0 Å². The highest BCUT2D eigenvalue weighted by Crippen LogP contribution is 2.28. The van der Waals surface area contributed by atoms with Crippen LogP contribution in [0, 0.1) is 11.7 Å². The summed E-state index contributed by atoms with van der Waals surface area (Å²) in [4.78, 5) is 2.19. The van der Waals surface area contributed by atoms with Gasteiger partial charge in [-0.25, -0.2) is 4.39 Å². The van der Waals surface area contributed by atoms with Gasteiger partial charge in [0.15, 0.2) is 0 Å². The predicted octanol–water partition coefficient (Wildman–Crippen LogP) is 3.52. The summed E-state index contributed by atoms with van der Waals surface area (Å²) in [5.41, 5.74) is 1.12. The molecule has 0 aliphatic carbocycles. The number of rotatable bonds is 5. The van der Waals surface area contributed by atoms with Crippen LogP contribution in [-0.2, 0) is 0 Å². The van der Waals surface area contributed by atoms with Crippen LogP contribution in [0.15, 0.2) is 24.3 Å². The summed E-state index contributed by atoms with van der Waals surface area (Å²) >= 11 is 0. The van der Waals surface area contributed by atoms with Gasteiger partial charge in [-0.1, -0.05) is 26.0 Å². The maximum Gasteiger partial charge on any atom is 0.123 e. The molecule has 1 aromatic carbocycles. The molecule has 1 aromatic rings. The third-order valence-corrected chi connectivity index (χ3v) is 3.06. The van der Waals surface area contributed by atoms with Gasteiger partial charge in [-0.05, 0) is 50.0 Å². The van der Waals surface area contributed by atoms with Gasteiger partial charge in [0.2, 0.25) is 0 Å². The highest BCUT2D eigenvalue weighted by atomic mass is 19.1. The molecule has 90 valence electrons. The van der Waals surface area contributed by atoms with Gasteiger partial charge >= 0.3 is 0 Å². The average molecular weight is 223 g/mol. The van der Waals surface area contributed by atoms with E-state index in [0.29, 0.717) is 11.8 Å². The first kappa shape index (κ1) is 13.2. The molecule has 0 saturated carbocycles. The fourth-order valence-corrected chi connectivity index (χ4v) is 2.41. The molecule has 0 heterocycles. The summed E-state index contributed by atoms with van der Waals surface area (Å²) in [6, 6.07) is 7.01. The van der Waals surface area contributed by atoms with Crippen molar-refractivity contribution in [2.24, 2.45) is 5.92 Å². The number of benzene rings is 1. The molecule has 0 spiro atoms.